The van der Waals surface area contributed by atoms with Gasteiger partial charge in [0.05, 0.1) is 12.8 Å². The molecular formula is C17H24N4O3S. The van der Waals surface area contributed by atoms with E-state index < -0.39 is 10.0 Å². The minimum atomic E-state index is -3.23. The van der Waals surface area contributed by atoms with Gasteiger partial charge < -0.3 is 0 Å². The molecule has 0 spiro atoms. The molecule has 0 radical (unpaired) electrons. The highest BCUT2D eigenvalue weighted by Crippen LogP contribution is 2.26. The summed E-state index contributed by atoms with van der Waals surface area (Å²) in [4.78, 5) is 12.6. The Hall–Kier alpha value is -1.93. The summed E-state index contributed by atoms with van der Waals surface area (Å²) < 4.78 is 28.2. The zero-order valence-electron chi connectivity index (χ0n) is 14.8. The number of aryl methyl sites for hydroxylation is 1. The molecule has 136 valence electrons. The van der Waals surface area contributed by atoms with Crippen LogP contribution in [0.15, 0.2) is 29.1 Å². The lowest BCUT2D eigenvalue weighted by Crippen LogP contribution is -2.39. The normalized spacial score (nSPS) is 19.2. The van der Waals surface area contributed by atoms with Crippen LogP contribution in [0.25, 0.3) is 0 Å². The molecule has 0 N–H and O–H groups in total. The number of nitrogens with zero attached hydrogens (tertiary/aromatic N) is 4. The van der Waals surface area contributed by atoms with E-state index in [0.717, 1.165) is 24.0 Å². The third-order valence-electron chi connectivity index (χ3n) is 4.87. The lowest BCUT2D eigenvalue weighted by molar-refractivity contribution is 0.307. The fraction of sp³-hybridized carbons (Fsp3) is 0.529. The van der Waals surface area contributed by atoms with Crippen LogP contribution in [0.5, 0.6) is 0 Å². The Kier molecular flexibility index (Phi) is 4.83. The maximum atomic E-state index is 12.6. The van der Waals surface area contributed by atoms with Crippen LogP contribution in [0.2, 0.25) is 0 Å². The molecule has 1 aliphatic heterocycles. The smallest absolute Gasteiger partial charge is 0.282 e. The van der Waals surface area contributed by atoms with Gasteiger partial charge in [-0.05, 0) is 30.9 Å². The first-order valence-corrected chi connectivity index (χ1v) is 10.3. The monoisotopic (exact) mass is 364 g/mol. The first-order valence-electron chi connectivity index (χ1n) is 8.40. The lowest BCUT2D eigenvalue weighted by Gasteiger charge is -2.30. The van der Waals surface area contributed by atoms with Crippen LogP contribution in [-0.2, 0) is 23.6 Å². The summed E-state index contributed by atoms with van der Waals surface area (Å²) in [5, 5.41) is 4.53. The minimum absolute atomic E-state index is 0.0562. The van der Waals surface area contributed by atoms with Gasteiger partial charge in [-0.25, -0.2) is 22.2 Å². The van der Waals surface area contributed by atoms with Gasteiger partial charge in [0.1, 0.15) is 5.82 Å². The molecule has 1 aromatic carbocycles. The average molecular weight is 364 g/mol. The van der Waals surface area contributed by atoms with E-state index in [4.69, 9.17) is 0 Å². The summed E-state index contributed by atoms with van der Waals surface area (Å²) in [6, 6.07) is 7.91. The highest BCUT2D eigenvalue weighted by Gasteiger charge is 2.30. The van der Waals surface area contributed by atoms with E-state index >= 15 is 0 Å². The molecule has 3 rings (SSSR count). The second-order valence-electron chi connectivity index (χ2n) is 6.74. The molecule has 1 atom stereocenters. The summed E-state index contributed by atoms with van der Waals surface area (Å²) in [6.45, 7) is 3.35. The third-order valence-corrected chi connectivity index (χ3v) is 6.14. The average Bonchev–Trinajstić information content (AvgIpc) is 2.85. The highest BCUT2D eigenvalue weighted by atomic mass is 32.2. The molecule has 0 amide bonds. The summed E-state index contributed by atoms with van der Waals surface area (Å²) in [6.07, 6.45) is 2.84. The van der Waals surface area contributed by atoms with E-state index in [2.05, 4.69) is 5.10 Å². The van der Waals surface area contributed by atoms with Gasteiger partial charge in [0.15, 0.2) is 0 Å². The molecular weight excluding hydrogens is 340 g/mol. The van der Waals surface area contributed by atoms with Gasteiger partial charge in [0.2, 0.25) is 10.0 Å². The molecule has 7 nitrogen and oxygen atoms in total. The zero-order valence-corrected chi connectivity index (χ0v) is 15.7. The van der Waals surface area contributed by atoms with Crippen molar-refractivity contribution < 1.29 is 8.42 Å². The number of sulfonamides is 1. The maximum absolute atomic E-state index is 12.6. The van der Waals surface area contributed by atoms with Gasteiger partial charge in [-0.1, -0.05) is 24.3 Å². The molecule has 1 aliphatic rings. The molecule has 0 aliphatic carbocycles. The topological polar surface area (TPSA) is 77.2 Å². The molecule has 1 saturated heterocycles. The Labute approximate surface area is 147 Å². The molecule has 0 saturated carbocycles. The van der Waals surface area contributed by atoms with Gasteiger partial charge in [-0.3, -0.25) is 4.57 Å². The summed E-state index contributed by atoms with van der Waals surface area (Å²) >= 11 is 0. The van der Waals surface area contributed by atoms with Gasteiger partial charge in [0.25, 0.3) is 0 Å². The number of hydrogen-bond acceptors (Lipinski definition) is 4. The summed E-state index contributed by atoms with van der Waals surface area (Å²) in [5.74, 6) is 0.603. The first-order chi connectivity index (χ1) is 11.8. The second-order valence-corrected chi connectivity index (χ2v) is 8.73. The molecule has 2 heterocycles. The fourth-order valence-electron chi connectivity index (χ4n) is 3.37. The molecule has 0 bridgehead atoms. The molecule has 1 fully saturated rings. The van der Waals surface area contributed by atoms with Crippen molar-refractivity contribution in [2.75, 3.05) is 19.3 Å². The Bertz CT molecular complexity index is 930. The van der Waals surface area contributed by atoms with Crippen molar-refractivity contribution in [3.05, 3.63) is 51.7 Å². The van der Waals surface area contributed by atoms with E-state index in [0.29, 0.717) is 25.5 Å². The third kappa shape index (κ3) is 3.69. The van der Waals surface area contributed by atoms with Crippen molar-refractivity contribution in [3.63, 3.8) is 0 Å². The molecule has 8 heteroatoms. The van der Waals surface area contributed by atoms with Gasteiger partial charge in [0, 0.05) is 26.1 Å². The number of aromatic nitrogens is 3. The van der Waals surface area contributed by atoms with E-state index in [1.54, 1.807) is 11.6 Å². The first kappa shape index (κ1) is 17.9. The predicted octanol–water partition coefficient (Wildman–Crippen LogP) is 1.08. The van der Waals surface area contributed by atoms with Crippen LogP contribution in [0.3, 0.4) is 0 Å². The largest absolute Gasteiger partial charge is 0.345 e. The van der Waals surface area contributed by atoms with Crippen molar-refractivity contribution in [2.24, 2.45) is 7.05 Å². The second kappa shape index (κ2) is 6.76. The van der Waals surface area contributed by atoms with Crippen molar-refractivity contribution in [1.82, 2.24) is 18.7 Å². The lowest BCUT2D eigenvalue weighted by atomic mass is 9.99. The SMILES string of the molecule is Cc1ccccc1Cn1nc(C2CCCN(S(C)(=O)=O)C2)n(C)c1=O. The Morgan fingerprint density at radius 2 is 2.00 bits per heavy atom. The van der Waals surface area contributed by atoms with Gasteiger partial charge in [-0.15, -0.1) is 0 Å². The molecule has 2 aromatic rings. The quantitative estimate of drug-likeness (QED) is 0.813. The van der Waals surface area contributed by atoms with Gasteiger partial charge >= 0.3 is 5.69 Å². The molecule has 25 heavy (non-hydrogen) atoms. The minimum Gasteiger partial charge on any atom is -0.282 e. The van der Waals surface area contributed by atoms with E-state index in [9.17, 15) is 13.2 Å². The van der Waals surface area contributed by atoms with Crippen molar-refractivity contribution in [3.8, 4) is 0 Å². The van der Waals surface area contributed by atoms with Crippen LogP contribution in [-0.4, -0.2) is 46.4 Å². The molecule has 1 aromatic heterocycles. The number of hydrogen-bond donors (Lipinski definition) is 0. The van der Waals surface area contributed by atoms with E-state index in [1.165, 1.54) is 15.2 Å². The summed E-state index contributed by atoms with van der Waals surface area (Å²) in [7, 11) is -1.52. The van der Waals surface area contributed by atoms with E-state index in [1.807, 2.05) is 31.2 Å². The standard InChI is InChI=1S/C17H24N4O3S/c1-13-7-4-5-8-14(13)12-21-17(22)19(2)16(18-21)15-9-6-10-20(11-15)25(3,23)24/h4-5,7-8,15H,6,9-12H2,1-3H3. The summed E-state index contributed by atoms with van der Waals surface area (Å²) in [5.41, 5.74) is 1.99. The van der Waals surface area contributed by atoms with Crippen molar-refractivity contribution in [2.45, 2.75) is 32.2 Å². The Morgan fingerprint density at radius 3 is 2.68 bits per heavy atom. The maximum Gasteiger partial charge on any atom is 0.345 e. The fourth-order valence-corrected chi connectivity index (χ4v) is 4.28. The highest BCUT2D eigenvalue weighted by molar-refractivity contribution is 7.88. The predicted molar refractivity (Wildman–Crippen MR) is 96.1 cm³/mol. The van der Waals surface area contributed by atoms with Crippen molar-refractivity contribution >= 4 is 10.0 Å². The van der Waals surface area contributed by atoms with Crippen LogP contribution in [0.4, 0.5) is 0 Å². The Morgan fingerprint density at radius 1 is 1.28 bits per heavy atom. The van der Waals surface area contributed by atoms with Crippen LogP contribution < -0.4 is 5.69 Å². The number of benzene rings is 1. The van der Waals surface area contributed by atoms with Crippen LogP contribution >= 0.6 is 0 Å². The van der Waals surface area contributed by atoms with Crippen LogP contribution in [0.1, 0.15) is 35.7 Å². The Balaban J connectivity index is 1.89. The van der Waals surface area contributed by atoms with Gasteiger partial charge in [-0.2, -0.15) is 5.10 Å². The van der Waals surface area contributed by atoms with E-state index in [-0.39, 0.29) is 11.6 Å². The number of piperidine rings is 1. The van der Waals surface area contributed by atoms with Crippen LogP contribution in [0, 0.1) is 6.92 Å². The zero-order chi connectivity index (χ0) is 18.2. The number of rotatable bonds is 4. The molecule has 1 unspecified atom stereocenters. The van der Waals surface area contributed by atoms with Crippen molar-refractivity contribution in [1.29, 1.82) is 0 Å².